The van der Waals surface area contributed by atoms with Crippen LogP contribution < -0.4 is 0 Å². The van der Waals surface area contributed by atoms with Crippen molar-refractivity contribution in [1.29, 1.82) is 5.41 Å². The Morgan fingerprint density at radius 3 is 1.61 bits per heavy atom. The zero-order valence-electron chi connectivity index (χ0n) is 26.7. The van der Waals surface area contributed by atoms with Crippen LogP contribution in [0.4, 0.5) is 0 Å². The lowest BCUT2D eigenvalue weighted by Crippen LogP contribution is -2.05. The molecule has 0 aliphatic rings. The molecule has 0 aliphatic heterocycles. The third-order valence-corrected chi connectivity index (χ3v) is 8.87. The lowest BCUT2D eigenvalue weighted by atomic mass is 9.93. The maximum Gasteiger partial charge on any atom is 0.161 e. The molecule has 0 radical (unpaired) electrons. The minimum atomic E-state index is 0.0731. The highest BCUT2D eigenvalue weighted by atomic mass is 16.3. The Morgan fingerprint density at radius 1 is 0.469 bits per heavy atom. The molecule has 8 rings (SSSR count). The number of nitrogens with zero attached hydrogens (tertiary/aromatic N) is 2. The third-order valence-electron chi connectivity index (χ3n) is 8.87. The smallest absolute Gasteiger partial charge is 0.161 e. The van der Waals surface area contributed by atoms with Crippen molar-refractivity contribution in [1.82, 2.24) is 0 Å². The number of benzene rings is 7. The molecular weight excluding hydrogens is 599 g/mol. The molecule has 8 aromatic rings. The number of fused-ring (bicyclic) bond motifs is 3. The van der Waals surface area contributed by atoms with E-state index in [1.54, 1.807) is 0 Å². The fraction of sp³-hybridized carbons (Fsp3) is 0. The predicted molar refractivity (Wildman–Crippen MR) is 205 cm³/mol. The lowest BCUT2D eigenvalue weighted by Gasteiger charge is -2.11. The zero-order valence-corrected chi connectivity index (χ0v) is 26.7. The van der Waals surface area contributed by atoms with Crippen LogP contribution in [0.5, 0.6) is 0 Å². The molecule has 4 nitrogen and oxygen atoms in total. The van der Waals surface area contributed by atoms with E-state index in [4.69, 9.17) is 9.41 Å². The molecular formula is C45H31N3O. The van der Waals surface area contributed by atoms with Gasteiger partial charge in [0, 0.05) is 33.0 Å². The van der Waals surface area contributed by atoms with Crippen molar-refractivity contribution >= 4 is 40.3 Å². The van der Waals surface area contributed by atoms with E-state index in [0.717, 1.165) is 66.4 Å². The average molecular weight is 630 g/mol. The van der Waals surface area contributed by atoms with Gasteiger partial charge in [-0.25, -0.2) is 9.98 Å². The molecule has 0 saturated heterocycles. The first-order valence-electron chi connectivity index (χ1n) is 16.2. The molecule has 0 unspecified atom stereocenters. The summed E-state index contributed by atoms with van der Waals surface area (Å²) in [4.78, 5) is 9.20. The van der Waals surface area contributed by atoms with Gasteiger partial charge in [0.25, 0.3) is 0 Å². The first kappa shape index (κ1) is 29.7. The van der Waals surface area contributed by atoms with Gasteiger partial charge in [0.15, 0.2) is 11.7 Å². The van der Waals surface area contributed by atoms with E-state index in [0.29, 0.717) is 17.0 Å². The summed E-state index contributed by atoms with van der Waals surface area (Å²) in [7, 11) is 0. The van der Waals surface area contributed by atoms with Gasteiger partial charge in [0.2, 0.25) is 0 Å². The van der Waals surface area contributed by atoms with E-state index in [1.165, 1.54) is 0 Å². The Hall–Kier alpha value is -6.65. The summed E-state index contributed by atoms with van der Waals surface area (Å²) in [5, 5.41) is 11.2. The highest BCUT2D eigenvalue weighted by molar-refractivity contribution is 6.24. The fourth-order valence-electron chi connectivity index (χ4n) is 6.55. The summed E-state index contributed by atoms with van der Waals surface area (Å²) < 4.78 is 6.92. The van der Waals surface area contributed by atoms with Crippen LogP contribution in [0.3, 0.4) is 0 Å². The molecule has 4 heteroatoms. The molecule has 0 aliphatic carbocycles. The van der Waals surface area contributed by atoms with Crippen LogP contribution >= 0.6 is 0 Å². The number of furan rings is 1. The third kappa shape index (κ3) is 5.56. The van der Waals surface area contributed by atoms with Crippen LogP contribution in [0.1, 0.15) is 11.1 Å². The summed E-state index contributed by atoms with van der Waals surface area (Å²) >= 11 is 0. The van der Waals surface area contributed by atoms with Gasteiger partial charge in [-0.05, 0) is 64.4 Å². The number of hydrogen-bond donors (Lipinski definition) is 1. The molecule has 0 spiro atoms. The van der Waals surface area contributed by atoms with E-state index in [9.17, 15) is 5.41 Å². The van der Waals surface area contributed by atoms with Crippen molar-refractivity contribution in [2.45, 2.75) is 0 Å². The molecule has 0 atom stereocenters. The van der Waals surface area contributed by atoms with Gasteiger partial charge in [-0.1, -0.05) is 146 Å². The second-order valence-corrected chi connectivity index (χ2v) is 11.8. The van der Waals surface area contributed by atoms with Gasteiger partial charge < -0.3 is 4.42 Å². The van der Waals surface area contributed by atoms with Crippen molar-refractivity contribution in [2.75, 3.05) is 0 Å². The van der Waals surface area contributed by atoms with Crippen molar-refractivity contribution in [3.05, 3.63) is 181 Å². The Balaban J connectivity index is 1.40. The van der Waals surface area contributed by atoms with Crippen LogP contribution in [0, 0.1) is 5.41 Å². The maximum atomic E-state index is 9.48. The van der Waals surface area contributed by atoms with E-state index in [1.807, 2.05) is 97.1 Å². The highest BCUT2D eigenvalue weighted by Gasteiger charge is 2.22. The SMILES string of the molecule is C=NC(=NC(=N)c1ccc(-c2ccccc2)c2oc3c(-c4ccccc4)cc(-c4ccccc4)cc3c12)c1ccccc1-c1ccccc1. The molecule has 1 N–H and O–H groups in total. The van der Waals surface area contributed by atoms with Crippen molar-refractivity contribution in [2.24, 2.45) is 9.98 Å². The second-order valence-electron chi connectivity index (χ2n) is 11.8. The summed E-state index contributed by atoms with van der Waals surface area (Å²) in [6.45, 7) is 3.87. The highest BCUT2D eigenvalue weighted by Crippen LogP contribution is 2.44. The van der Waals surface area contributed by atoms with Crippen molar-refractivity contribution < 1.29 is 4.42 Å². The topological polar surface area (TPSA) is 61.7 Å². The Kier molecular flexibility index (Phi) is 7.80. The van der Waals surface area contributed by atoms with Crippen LogP contribution in [-0.4, -0.2) is 18.4 Å². The minimum absolute atomic E-state index is 0.0731. The molecule has 0 amide bonds. The molecule has 7 aromatic carbocycles. The molecule has 232 valence electrons. The summed E-state index contributed by atoms with van der Waals surface area (Å²) in [6.07, 6.45) is 0. The van der Waals surface area contributed by atoms with E-state index in [2.05, 4.69) is 84.5 Å². The van der Waals surface area contributed by atoms with Crippen molar-refractivity contribution in [3.63, 3.8) is 0 Å². The van der Waals surface area contributed by atoms with Gasteiger partial charge in [0.05, 0.1) is 0 Å². The number of hydrogen-bond acceptors (Lipinski definition) is 2. The monoisotopic (exact) mass is 629 g/mol. The van der Waals surface area contributed by atoms with Gasteiger partial charge in [-0.3, -0.25) is 5.41 Å². The molecule has 0 bridgehead atoms. The minimum Gasteiger partial charge on any atom is -0.455 e. The number of aliphatic imine (C=N–C) groups is 2. The normalized spacial score (nSPS) is 11.6. The van der Waals surface area contributed by atoms with Crippen LogP contribution in [0.2, 0.25) is 0 Å². The van der Waals surface area contributed by atoms with E-state index >= 15 is 0 Å². The average Bonchev–Trinajstić information content (AvgIpc) is 3.57. The Bertz CT molecular complexity index is 2500. The quantitative estimate of drug-likeness (QED) is 0.144. The molecule has 0 fully saturated rings. The first-order valence-corrected chi connectivity index (χ1v) is 16.2. The standard InChI is InChI=1S/C45H31N3O/c1-47-45(37-25-15-14-24-35(37)31-18-8-3-9-19-31)48-44(46)38-27-26-36(32-20-10-4-11-21-32)43-41(38)40-29-34(30-16-6-2-7-17-30)28-39(42(40)49-43)33-22-12-5-13-23-33/h2-29,46H,1H2. The van der Waals surface area contributed by atoms with Crippen molar-refractivity contribution in [3.8, 4) is 44.5 Å². The summed E-state index contributed by atoms with van der Waals surface area (Å²) in [5.41, 5.74) is 11.1. The first-order chi connectivity index (χ1) is 24.2. The second kappa shape index (κ2) is 12.9. The van der Waals surface area contributed by atoms with Crippen LogP contribution in [0.25, 0.3) is 66.4 Å². The largest absolute Gasteiger partial charge is 0.455 e. The molecule has 1 aromatic heterocycles. The predicted octanol–water partition coefficient (Wildman–Crippen LogP) is 11.7. The fourth-order valence-corrected chi connectivity index (χ4v) is 6.55. The Labute approximate surface area is 284 Å². The van der Waals surface area contributed by atoms with Gasteiger partial charge in [0.1, 0.15) is 11.2 Å². The number of nitrogens with one attached hydrogen (secondary N) is 1. The summed E-state index contributed by atoms with van der Waals surface area (Å²) in [6, 6.07) is 57.4. The zero-order chi connectivity index (χ0) is 33.2. The maximum absolute atomic E-state index is 9.48. The van der Waals surface area contributed by atoms with E-state index < -0.39 is 0 Å². The molecule has 1 heterocycles. The van der Waals surface area contributed by atoms with Crippen LogP contribution in [-0.2, 0) is 0 Å². The summed E-state index contributed by atoms with van der Waals surface area (Å²) in [5.74, 6) is 0.455. The van der Waals surface area contributed by atoms with Crippen LogP contribution in [0.15, 0.2) is 184 Å². The van der Waals surface area contributed by atoms with E-state index in [-0.39, 0.29) is 5.84 Å². The number of rotatable bonds is 6. The lowest BCUT2D eigenvalue weighted by molar-refractivity contribution is 0.671. The Morgan fingerprint density at radius 2 is 1.00 bits per heavy atom. The van der Waals surface area contributed by atoms with Gasteiger partial charge in [-0.2, -0.15) is 0 Å². The van der Waals surface area contributed by atoms with Gasteiger partial charge >= 0.3 is 0 Å². The molecule has 49 heavy (non-hydrogen) atoms. The number of amidine groups is 2. The molecule has 0 saturated carbocycles. The van der Waals surface area contributed by atoms with Gasteiger partial charge in [-0.15, -0.1) is 0 Å².